The van der Waals surface area contributed by atoms with Crippen LogP contribution in [0, 0.1) is 0 Å². The van der Waals surface area contributed by atoms with E-state index in [1.165, 1.54) is 0 Å². The molecular weight excluding hydrogens is 330 g/mol. The average molecular weight is 357 g/mol. The SMILES string of the molecule is O[C@]1(c2ccccc2)CCN(CCn2cncn2)C[C@H]1N1CCOCC1. The van der Waals surface area contributed by atoms with Gasteiger partial charge in [0.1, 0.15) is 18.3 Å². The lowest BCUT2D eigenvalue weighted by atomic mass is 9.79. The summed E-state index contributed by atoms with van der Waals surface area (Å²) in [5.74, 6) is 0. The maximum Gasteiger partial charge on any atom is 0.137 e. The lowest BCUT2D eigenvalue weighted by Gasteiger charge is -2.50. The van der Waals surface area contributed by atoms with Crippen LogP contribution in [-0.2, 0) is 16.9 Å². The molecule has 0 spiro atoms. The van der Waals surface area contributed by atoms with E-state index in [0.29, 0.717) is 0 Å². The Bertz CT molecular complexity index is 675. The van der Waals surface area contributed by atoms with Crippen molar-refractivity contribution in [2.45, 2.75) is 24.6 Å². The number of piperidine rings is 1. The van der Waals surface area contributed by atoms with Gasteiger partial charge in [0.2, 0.25) is 0 Å². The Balaban J connectivity index is 1.51. The molecule has 2 aliphatic heterocycles. The van der Waals surface area contributed by atoms with Gasteiger partial charge in [-0.05, 0) is 12.0 Å². The molecule has 140 valence electrons. The van der Waals surface area contributed by atoms with Crippen molar-refractivity contribution in [3.8, 4) is 0 Å². The zero-order chi connectivity index (χ0) is 17.8. The number of benzene rings is 1. The van der Waals surface area contributed by atoms with Crippen molar-refractivity contribution in [1.29, 1.82) is 0 Å². The van der Waals surface area contributed by atoms with E-state index in [1.807, 2.05) is 22.9 Å². The van der Waals surface area contributed by atoms with E-state index >= 15 is 0 Å². The number of hydrogen-bond donors (Lipinski definition) is 1. The molecule has 7 heteroatoms. The summed E-state index contributed by atoms with van der Waals surface area (Å²) in [6.45, 7) is 6.67. The van der Waals surface area contributed by atoms with Crippen molar-refractivity contribution in [2.75, 3.05) is 45.9 Å². The average Bonchev–Trinajstić information content (AvgIpc) is 3.22. The van der Waals surface area contributed by atoms with Crippen LogP contribution in [0.2, 0.25) is 0 Å². The monoisotopic (exact) mass is 357 g/mol. The molecule has 2 aromatic rings. The van der Waals surface area contributed by atoms with Crippen LogP contribution in [0.4, 0.5) is 0 Å². The first-order valence-electron chi connectivity index (χ1n) is 9.40. The van der Waals surface area contributed by atoms with Crippen LogP contribution in [0.1, 0.15) is 12.0 Å². The van der Waals surface area contributed by atoms with E-state index in [1.54, 1.807) is 12.7 Å². The minimum Gasteiger partial charge on any atom is -0.383 e. The van der Waals surface area contributed by atoms with E-state index in [2.05, 4.69) is 32.0 Å². The standard InChI is InChI=1S/C19H27N5O2/c25-19(17-4-2-1-3-5-17)6-7-22(8-9-24-16-20-15-21-24)14-18(19)23-10-12-26-13-11-23/h1-5,15-16,18,25H,6-14H2/t18-,19+/m1/s1. The Morgan fingerprint density at radius 3 is 2.65 bits per heavy atom. The maximum atomic E-state index is 11.7. The fraction of sp³-hybridized carbons (Fsp3) is 0.579. The minimum atomic E-state index is -0.817. The highest BCUT2D eigenvalue weighted by Crippen LogP contribution is 2.36. The van der Waals surface area contributed by atoms with Gasteiger partial charge >= 0.3 is 0 Å². The molecule has 1 aromatic carbocycles. The van der Waals surface area contributed by atoms with Crippen LogP contribution in [-0.4, -0.2) is 81.7 Å². The normalized spacial score (nSPS) is 28.3. The van der Waals surface area contributed by atoms with Gasteiger partial charge in [-0.3, -0.25) is 14.5 Å². The Morgan fingerprint density at radius 2 is 1.92 bits per heavy atom. The predicted molar refractivity (Wildman–Crippen MR) is 97.6 cm³/mol. The number of nitrogens with zero attached hydrogens (tertiary/aromatic N) is 5. The maximum absolute atomic E-state index is 11.7. The second-order valence-corrected chi connectivity index (χ2v) is 7.16. The van der Waals surface area contributed by atoms with Crippen LogP contribution in [0.3, 0.4) is 0 Å². The van der Waals surface area contributed by atoms with Gasteiger partial charge in [-0.15, -0.1) is 0 Å². The molecule has 0 saturated carbocycles. The van der Waals surface area contributed by atoms with Crippen molar-refractivity contribution < 1.29 is 9.84 Å². The largest absolute Gasteiger partial charge is 0.383 e. The number of aliphatic hydroxyl groups is 1. The fourth-order valence-electron chi connectivity index (χ4n) is 4.15. The number of likely N-dealkylation sites (tertiary alicyclic amines) is 1. The summed E-state index contributed by atoms with van der Waals surface area (Å²) < 4.78 is 7.40. The first-order chi connectivity index (χ1) is 12.8. The molecule has 0 bridgehead atoms. The zero-order valence-electron chi connectivity index (χ0n) is 15.1. The molecule has 26 heavy (non-hydrogen) atoms. The summed E-state index contributed by atoms with van der Waals surface area (Å²) >= 11 is 0. The van der Waals surface area contributed by atoms with Gasteiger partial charge in [0.15, 0.2) is 0 Å². The number of aromatic nitrogens is 3. The van der Waals surface area contributed by atoms with E-state index in [0.717, 1.165) is 64.5 Å². The van der Waals surface area contributed by atoms with Gasteiger partial charge in [0, 0.05) is 32.7 Å². The first kappa shape index (κ1) is 17.6. The quantitative estimate of drug-likeness (QED) is 0.844. The molecule has 0 radical (unpaired) electrons. The van der Waals surface area contributed by atoms with Gasteiger partial charge < -0.3 is 9.84 Å². The zero-order valence-corrected chi connectivity index (χ0v) is 15.1. The third kappa shape index (κ3) is 3.66. The molecule has 2 fully saturated rings. The summed E-state index contributed by atoms with van der Waals surface area (Å²) in [4.78, 5) is 8.84. The van der Waals surface area contributed by atoms with E-state index in [-0.39, 0.29) is 6.04 Å². The van der Waals surface area contributed by atoms with Gasteiger partial charge in [-0.2, -0.15) is 5.10 Å². The second kappa shape index (κ2) is 7.84. The van der Waals surface area contributed by atoms with E-state index in [4.69, 9.17) is 4.74 Å². The molecule has 4 rings (SSSR count). The third-order valence-corrected chi connectivity index (χ3v) is 5.66. The summed E-state index contributed by atoms with van der Waals surface area (Å²) in [5, 5.41) is 15.9. The highest BCUT2D eigenvalue weighted by Gasteiger charge is 2.45. The number of hydrogen-bond acceptors (Lipinski definition) is 6. The van der Waals surface area contributed by atoms with Gasteiger partial charge in [-0.25, -0.2) is 4.98 Å². The molecule has 2 aliphatic rings. The summed E-state index contributed by atoms with van der Waals surface area (Å²) in [6.07, 6.45) is 4.06. The Labute approximate surface area is 154 Å². The third-order valence-electron chi connectivity index (χ3n) is 5.66. The second-order valence-electron chi connectivity index (χ2n) is 7.16. The molecule has 1 aromatic heterocycles. The molecule has 2 atom stereocenters. The summed E-state index contributed by atoms with van der Waals surface area (Å²) in [6, 6.07) is 10.2. The van der Waals surface area contributed by atoms with Crippen molar-refractivity contribution in [3.05, 3.63) is 48.5 Å². The van der Waals surface area contributed by atoms with Crippen LogP contribution < -0.4 is 0 Å². The molecule has 3 heterocycles. The number of ether oxygens (including phenoxy) is 1. The van der Waals surface area contributed by atoms with E-state index < -0.39 is 5.60 Å². The van der Waals surface area contributed by atoms with Crippen molar-refractivity contribution in [3.63, 3.8) is 0 Å². The van der Waals surface area contributed by atoms with Crippen LogP contribution in [0.25, 0.3) is 0 Å². The van der Waals surface area contributed by atoms with Crippen molar-refractivity contribution in [2.24, 2.45) is 0 Å². The molecule has 0 unspecified atom stereocenters. The lowest BCUT2D eigenvalue weighted by molar-refractivity contribution is -0.118. The molecule has 0 amide bonds. The van der Waals surface area contributed by atoms with Gasteiger partial charge in [0.05, 0.1) is 25.8 Å². The van der Waals surface area contributed by atoms with Gasteiger partial charge in [-0.1, -0.05) is 30.3 Å². The molecule has 7 nitrogen and oxygen atoms in total. The molecule has 0 aliphatic carbocycles. The Morgan fingerprint density at radius 1 is 1.12 bits per heavy atom. The molecule has 2 saturated heterocycles. The fourth-order valence-corrected chi connectivity index (χ4v) is 4.15. The summed E-state index contributed by atoms with van der Waals surface area (Å²) in [5.41, 5.74) is 0.204. The van der Waals surface area contributed by atoms with Crippen molar-refractivity contribution in [1.82, 2.24) is 24.6 Å². The number of morpholine rings is 1. The van der Waals surface area contributed by atoms with Crippen molar-refractivity contribution >= 4 is 0 Å². The van der Waals surface area contributed by atoms with Crippen LogP contribution in [0.15, 0.2) is 43.0 Å². The van der Waals surface area contributed by atoms with Crippen LogP contribution in [0.5, 0.6) is 0 Å². The predicted octanol–water partition coefficient (Wildman–Crippen LogP) is 0.572. The lowest BCUT2D eigenvalue weighted by Crippen LogP contribution is -2.62. The van der Waals surface area contributed by atoms with Crippen LogP contribution >= 0.6 is 0 Å². The summed E-state index contributed by atoms with van der Waals surface area (Å²) in [7, 11) is 0. The minimum absolute atomic E-state index is 0.0679. The molecular formula is C19H27N5O2. The topological polar surface area (TPSA) is 66.7 Å². The van der Waals surface area contributed by atoms with E-state index in [9.17, 15) is 5.11 Å². The highest BCUT2D eigenvalue weighted by molar-refractivity contribution is 5.26. The first-order valence-corrected chi connectivity index (χ1v) is 9.40. The highest BCUT2D eigenvalue weighted by atomic mass is 16.5. The Hall–Kier alpha value is -1.80. The van der Waals surface area contributed by atoms with Gasteiger partial charge in [0.25, 0.3) is 0 Å². The Kier molecular flexibility index (Phi) is 5.31. The smallest absolute Gasteiger partial charge is 0.137 e. The number of rotatable bonds is 5. The molecule has 1 N–H and O–H groups in total.